The minimum atomic E-state index is -4.75. The molecule has 2 aromatic carbocycles. The topological polar surface area (TPSA) is 106 Å². The van der Waals surface area contributed by atoms with Crippen LogP contribution in [-0.4, -0.2) is 45.7 Å². The highest BCUT2D eigenvalue weighted by Crippen LogP contribution is 2.45. The van der Waals surface area contributed by atoms with Gasteiger partial charge in [-0.3, -0.25) is 4.79 Å². The van der Waals surface area contributed by atoms with Crippen LogP contribution in [0, 0.1) is 0 Å². The zero-order valence-electron chi connectivity index (χ0n) is 26.2. The van der Waals surface area contributed by atoms with Gasteiger partial charge in [0.2, 0.25) is 0 Å². The maximum absolute atomic E-state index is 14.7. The van der Waals surface area contributed by atoms with Crippen molar-refractivity contribution >= 4 is 22.6 Å². The van der Waals surface area contributed by atoms with E-state index in [1.165, 1.54) is 10.6 Å². The average Bonchev–Trinajstić information content (AvgIpc) is 3.35. The number of benzene rings is 2. The Bertz CT molecular complexity index is 1920. The molecule has 4 aromatic rings. The Morgan fingerprint density at radius 1 is 1.15 bits per heavy atom. The highest BCUT2D eigenvalue weighted by Gasteiger charge is 2.45. The number of carbonyl (C=O) groups excluding carboxylic acids is 1. The molecule has 2 N–H and O–H groups in total. The summed E-state index contributed by atoms with van der Waals surface area (Å²) in [5.74, 6) is -1.12. The molecule has 2 aliphatic rings. The molecule has 0 spiro atoms. The molecule has 0 amide bonds. The van der Waals surface area contributed by atoms with Gasteiger partial charge in [0.25, 0.3) is 5.56 Å². The van der Waals surface area contributed by atoms with E-state index < -0.39 is 28.9 Å². The second-order valence-corrected chi connectivity index (χ2v) is 12.4. The molecule has 9 nitrogen and oxygen atoms in total. The van der Waals surface area contributed by atoms with Crippen molar-refractivity contribution in [1.82, 2.24) is 14.5 Å². The smallest absolute Gasteiger partial charge is 0.420 e. The van der Waals surface area contributed by atoms with Gasteiger partial charge in [-0.05, 0) is 70.3 Å². The highest BCUT2D eigenvalue weighted by molar-refractivity contribution is 5.90. The molecule has 1 atom stereocenters. The van der Waals surface area contributed by atoms with Crippen LogP contribution in [0.5, 0.6) is 5.75 Å². The molecular weight excluding hydrogens is 601 g/mol. The Hall–Kier alpha value is -4.42. The second-order valence-electron chi connectivity index (χ2n) is 12.4. The van der Waals surface area contributed by atoms with Crippen molar-refractivity contribution in [3.63, 3.8) is 0 Å². The first-order valence-electron chi connectivity index (χ1n) is 15.1. The van der Waals surface area contributed by atoms with E-state index in [2.05, 4.69) is 10.3 Å². The van der Waals surface area contributed by atoms with Gasteiger partial charge in [0, 0.05) is 40.4 Å². The number of hydrogen-bond acceptors (Lipinski definition) is 8. The van der Waals surface area contributed by atoms with Crippen molar-refractivity contribution in [2.75, 3.05) is 19.4 Å². The van der Waals surface area contributed by atoms with E-state index >= 15 is 0 Å². The lowest BCUT2D eigenvalue weighted by Gasteiger charge is -2.31. The van der Waals surface area contributed by atoms with Gasteiger partial charge in [-0.2, -0.15) is 13.2 Å². The first kappa shape index (κ1) is 31.6. The molecule has 0 fully saturated rings. The number of esters is 1. The number of nitrogens with zero attached hydrogens (tertiary/aromatic N) is 3. The summed E-state index contributed by atoms with van der Waals surface area (Å²) in [6.45, 7) is 5.53. The fourth-order valence-corrected chi connectivity index (χ4v) is 6.21. The number of carbonyl (C=O) groups is 1. The Morgan fingerprint density at radius 3 is 2.50 bits per heavy atom. The largest absolute Gasteiger partial charge is 0.488 e. The van der Waals surface area contributed by atoms with E-state index in [0.717, 1.165) is 11.8 Å². The Kier molecular flexibility index (Phi) is 7.84. The second kappa shape index (κ2) is 11.4. The van der Waals surface area contributed by atoms with Crippen LogP contribution in [0.25, 0.3) is 22.3 Å². The van der Waals surface area contributed by atoms with Gasteiger partial charge in [-0.1, -0.05) is 19.1 Å². The zero-order chi connectivity index (χ0) is 33.1. The van der Waals surface area contributed by atoms with Gasteiger partial charge in [-0.25, -0.2) is 9.78 Å². The van der Waals surface area contributed by atoms with Crippen LogP contribution in [0.15, 0.2) is 47.3 Å². The van der Waals surface area contributed by atoms with Crippen molar-refractivity contribution in [3.05, 3.63) is 86.2 Å². The number of ether oxygens (including phenoxy) is 2. The third kappa shape index (κ3) is 5.39. The number of halogens is 3. The van der Waals surface area contributed by atoms with Crippen molar-refractivity contribution in [2.24, 2.45) is 0 Å². The van der Waals surface area contributed by atoms with Crippen molar-refractivity contribution in [2.45, 2.75) is 71.3 Å². The predicted molar refractivity (Wildman–Crippen MR) is 166 cm³/mol. The van der Waals surface area contributed by atoms with E-state index in [4.69, 9.17) is 9.47 Å². The van der Waals surface area contributed by atoms with Crippen molar-refractivity contribution < 1.29 is 32.5 Å². The molecule has 0 saturated carbocycles. The SMILES string of the molecule is CC[C@@]1(O)C(=O)OCc2c1cc1n(c2=O)Cc2cc3c(CN(C)C)c(OCc4ccc(NC(C)C)cc4)c(C(F)(F)F)cc3nc2-1. The fourth-order valence-electron chi connectivity index (χ4n) is 6.21. The van der Waals surface area contributed by atoms with Gasteiger partial charge in [0.05, 0.1) is 29.0 Å². The standard InChI is InChI=1S/C34H35F3N4O5/c1-6-33(44)25-13-28-29-20(14-41(28)31(42)24(25)17-46-32(33)43)11-22-23(15-40(4)5)30(26(34(35,36)37)12-27(22)39-29)45-16-19-7-9-21(10-8-19)38-18(2)3/h7-13,18,38,44H,6,14-17H2,1-5H3/t33-/m0/s1. The summed E-state index contributed by atoms with van der Waals surface area (Å²) in [5, 5.41) is 14.9. The van der Waals surface area contributed by atoms with Crippen LogP contribution in [0.1, 0.15) is 60.6 Å². The number of cyclic esters (lactones) is 1. The van der Waals surface area contributed by atoms with Gasteiger partial charge >= 0.3 is 12.1 Å². The quantitative estimate of drug-likeness (QED) is 0.214. The minimum absolute atomic E-state index is 0.0235. The van der Waals surface area contributed by atoms with Gasteiger partial charge in [0.15, 0.2) is 5.60 Å². The van der Waals surface area contributed by atoms with E-state index in [1.54, 1.807) is 32.0 Å². The lowest BCUT2D eigenvalue weighted by molar-refractivity contribution is -0.172. The summed E-state index contributed by atoms with van der Waals surface area (Å²) in [5.41, 5.74) is 0.168. The summed E-state index contributed by atoms with van der Waals surface area (Å²) >= 11 is 0. The molecule has 0 aliphatic carbocycles. The summed E-state index contributed by atoms with van der Waals surface area (Å²) < 4.78 is 56.6. The number of hydrogen-bond donors (Lipinski definition) is 2. The molecular formula is C34H35F3N4O5. The molecule has 0 bridgehead atoms. The van der Waals surface area contributed by atoms with Crippen LogP contribution in [0.3, 0.4) is 0 Å². The van der Waals surface area contributed by atoms with E-state index in [1.807, 2.05) is 38.1 Å². The molecule has 2 aliphatic heterocycles. The Balaban J connectivity index is 1.49. The monoisotopic (exact) mass is 636 g/mol. The van der Waals surface area contributed by atoms with Crippen molar-refractivity contribution in [1.29, 1.82) is 0 Å². The number of nitrogens with one attached hydrogen (secondary N) is 1. The summed E-state index contributed by atoms with van der Waals surface area (Å²) in [6.07, 6.45) is -4.77. The first-order valence-corrected chi connectivity index (χ1v) is 15.1. The third-order valence-electron chi connectivity index (χ3n) is 8.44. The normalized spacial score (nSPS) is 17.2. The van der Waals surface area contributed by atoms with Crippen LogP contribution < -0.4 is 15.6 Å². The van der Waals surface area contributed by atoms with Gasteiger partial charge < -0.3 is 29.4 Å². The number of aromatic nitrogens is 2. The maximum Gasteiger partial charge on any atom is 0.420 e. The number of aliphatic hydroxyl groups is 1. The lowest BCUT2D eigenvalue weighted by atomic mass is 9.86. The minimum Gasteiger partial charge on any atom is -0.488 e. The third-order valence-corrected chi connectivity index (χ3v) is 8.44. The lowest BCUT2D eigenvalue weighted by Crippen LogP contribution is -2.44. The van der Waals surface area contributed by atoms with Crippen LogP contribution in [0.4, 0.5) is 18.9 Å². The number of alkyl halides is 3. The molecule has 0 radical (unpaired) electrons. The van der Waals surface area contributed by atoms with Crippen LogP contribution >= 0.6 is 0 Å². The molecule has 4 heterocycles. The molecule has 2 aromatic heterocycles. The number of rotatable bonds is 8. The molecule has 242 valence electrons. The summed E-state index contributed by atoms with van der Waals surface area (Å²) in [6, 6.07) is 11.9. The van der Waals surface area contributed by atoms with Crippen molar-refractivity contribution in [3.8, 4) is 17.1 Å². The van der Waals surface area contributed by atoms with E-state index in [0.29, 0.717) is 33.5 Å². The fraction of sp³-hybridized carbons (Fsp3) is 0.382. The Morgan fingerprint density at radius 2 is 1.87 bits per heavy atom. The van der Waals surface area contributed by atoms with E-state index in [9.17, 15) is 27.9 Å². The predicted octanol–water partition coefficient (Wildman–Crippen LogP) is 5.56. The molecule has 46 heavy (non-hydrogen) atoms. The molecule has 0 unspecified atom stereocenters. The molecule has 6 rings (SSSR count). The maximum atomic E-state index is 14.7. The average molecular weight is 637 g/mol. The van der Waals surface area contributed by atoms with Crippen LogP contribution in [-0.2, 0) is 47.6 Å². The summed E-state index contributed by atoms with van der Waals surface area (Å²) in [7, 11) is 3.52. The van der Waals surface area contributed by atoms with E-state index in [-0.39, 0.29) is 61.2 Å². The van der Waals surface area contributed by atoms with Gasteiger partial charge in [-0.15, -0.1) is 0 Å². The summed E-state index contributed by atoms with van der Waals surface area (Å²) in [4.78, 5) is 32.5. The molecule has 0 saturated heterocycles. The number of anilines is 1. The van der Waals surface area contributed by atoms with Crippen LogP contribution in [0.2, 0.25) is 0 Å². The number of pyridine rings is 2. The van der Waals surface area contributed by atoms with Gasteiger partial charge in [0.1, 0.15) is 24.5 Å². The Labute approximate surface area is 263 Å². The number of fused-ring (bicyclic) bond motifs is 5. The zero-order valence-corrected chi connectivity index (χ0v) is 26.2. The first-order chi connectivity index (χ1) is 21.7. The highest BCUT2D eigenvalue weighted by atomic mass is 19.4. The molecule has 12 heteroatoms.